The third-order valence-electron chi connectivity index (χ3n) is 5.74. The number of alkyl halides is 3. The minimum atomic E-state index is -4.51. The maximum atomic E-state index is 12.3. The molecule has 5 N–H and O–H groups in total. The second-order valence-electron chi connectivity index (χ2n) is 8.68. The number of anilines is 2. The third kappa shape index (κ3) is 7.72. The number of hydrogen-bond acceptors (Lipinski definition) is 8. The predicted octanol–water partition coefficient (Wildman–Crippen LogP) is 5.45. The second-order valence-corrected chi connectivity index (χ2v) is 8.68. The van der Waals surface area contributed by atoms with Crippen LogP contribution in [0.3, 0.4) is 0 Å². The van der Waals surface area contributed by atoms with Gasteiger partial charge in [-0.25, -0.2) is 9.97 Å². The van der Waals surface area contributed by atoms with E-state index in [-0.39, 0.29) is 5.75 Å². The molecule has 1 amide bonds. The van der Waals surface area contributed by atoms with Crippen LogP contribution >= 0.6 is 0 Å². The van der Waals surface area contributed by atoms with Gasteiger partial charge in [-0.3, -0.25) is 4.79 Å². The van der Waals surface area contributed by atoms with Crippen LogP contribution in [0.25, 0.3) is 27.9 Å². The average Bonchev–Trinajstić information content (AvgIpc) is 2.96. The van der Waals surface area contributed by atoms with E-state index >= 15 is 0 Å². The molecule has 212 valence electrons. The number of ether oxygens (including phenoxy) is 2. The molecule has 41 heavy (non-hydrogen) atoms. The van der Waals surface area contributed by atoms with E-state index in [0.29, 0.717) is 46.0 Å². The summed E-state index contributed by atoms with van der Waals surface area (Å²) in [5.74, 6) is 0.869. The maximum Gasteiger partial charge on any atom is 0.405 e. The molecule has 3 aromatic carbocycles. The van der Waals surface area contributed by atoms with E-state index in [1.54, 1.807) is 35.6 Å². The fourth-order valence-corrected chi connectivity index (χ4v) is 3.82. The summed E-state index contributed by atoms with van der Waals surface area (Å²) >= 11 is 0. The lowest BCUT2D eigenvalue weighted by atomic mass is 10.1. The monoisotopic (exact) mass is 564 g/mol. The number of amides is 1. The van der Waals surface area contributed by atoms with Crippen LogP contribution in [-0.4, -0.2) is 48.0 Å². The van der Waals surface area contributed by atoms with Crippen LogP contribution in [-0.2, 0) is 4.79 Å². The van der Waals surface area contributed by atoms with E-state index in [4.69, 9.17) is 25.6 Å². The lowest BCUT2D eigenvalue weighted by molar-refractivity contribution is -0.139. The molecule has 4 aromatic rings. The molecule has 9 nitrogen and oxygen atoms in total. The molecule has 0 radical (unpaired) electrons. The van der Waals surface area contributed by atoms with Crippen molar-refractivity contribution in [3.63, 3.8) is 0 Å². The van der Waals surface area contributed by atoms with Gasteiger partial charge in [-0.15, -0.1) is 0 Å². The molecular formula is C29H27F3N6O3. The van der Waals surface area contributed by atoms with E-state index in [2.05, 4.69) is 10.3 Å². The van der Waals surface area contributed by atoms with Gasteiger partial charge in [0, 0.05) is 34.6 Å². The molecule has 0 aliphatic heterocycles. The summed E-state index contributed by atoms with van der Waals surface area (Å²) in [4.78, 5) is 21.2. The van der Waals surface area contributed by atoms with Gasteiger partial charge >= 0.3 is 6.18 Å². The van der Waals surface area contributed by atoms with Crippen LogP contribution in [0, 0.1) is 5.41 Å². The first-order valence-corrected chi connectivity index (χ1v) is 12.5. The minimum Gasteiger partial charge on any atom is -0.494 e. The van der Waals surface area contributed by atoms with Gasteiger partial charge in [0.25, 0.3) is 5.91 Å². The summed E-state index contributed by atoms with van der Waals surface area (Å²) in [6.07, 6.45) is -1.97. The molecule has 0 atom stereocenters. The molecule has 0 fully saturated rings. The highest BCUT2D eigenvalue weighted by Crippen LogP contribution is 2.31. The summed E-state index contributed by atoms with van der Waals surface area (Å²) < 4.78 is 48.1. The summed E-state index contributed by atoms with van der Waals surface area (Å²) in [5, 5.41) is 13.3. The number of rotatable bonds is 11. The fraction of sp³-hybridized carbons (Fsp3) is 0.172. The fourth-order valence-electron chi connectivity index (χ4n) is 3.82. The molecule has 0 aliphatic carbocycles. The largest absolute Gasteiger partial charge is 0.494 e. The Hall–Kier alpha value is -5.13. The van der Waals surface area contributed by atoms with Gasteiger partial charge in [0.05, 0.1) is 12.1 Å². The highest BCUT2D eigenvalue weighted by molar-refractivity contribution is 6.08. The molecule has 1 heterocycles. The number of aromatic nitrogens is 2. The topological polar surface area (TPSA) is 135 Å². The molecule has 0 saturated carbocycles. The molecule has 0 unspecified atom stereocenters. The second kappa shape index (κ2) is 12.8. The van der Waals surface area contributed by atoms with Crippen molar-refractivity contribution in [3.05, 3.63) is 78.5 Å². The van der Waals surface area contributed by atoms with E-state index < -0.39 is 25.2 Å². The Bertz CT molecular complexity index is 1570. The molecule has 0 spiro atoms. The van der Waals surface area contributed by atoms with Crippen molar-refractivity contribution in [2.24, 2.45) is 5.73 Å². The number of halogens is 3. The summed E-state index contributed by atoms with van der Waals surface area (Å²) in [7, 11) is 0. The van der Waals surface area contributed by atoms with Crippen LogP contribution in [0.1, 0.15) is 12.5 Å². The number of carbonyl (C=O) groups is 1. The molecule has 1 aromatic heterocycles. The van der Waals surface area contributed by atoms with Crippen LogP contribution in [0.15, 0.2) is 72.9 Å². The van der Waals surface area contributed by atoms with Crippen LogP contribution in [0.2, 0.25) is 0 Å². The molecule has 12 heteroatoms. The van der Waals surface area contributed by atoms with E-state index in [1.165, 1.54) is 12.4 Å². The quantitative estimate of drug-likeness (QED) is 0.178. The lowest BCUT2D eigenvalue weighted by Gasteiger charge is -2.14. The number of nitrogens with one attached hydrogen (secondary N) is 3. The first kappa shape index (κ1) is 28.9. The van der Waals surface area contributed by atoms with Crippen molar-refractivity contribution in [2.45, 2.75) is 13.1 Å². The normalized spacial score (nSPS) is 11.7. The smallest absolute Gasteiger partial charge is 0.405 e. The molecular weight excluding hydrogens is 537 g/mol. The number of carbonyl (C=O) groups excluding carboxylic acids is 1. The predicted molar refractivity (Wildman–Crippen MR) is 151 cm³/mol. The van der Waals surface area contributed by atoms with Gasteiger partial charge in [-0.05, 0) is 55.0 Å². The van der Waals surface area contributed by atoms with Crippen molar-refractivity contribution in [1.29, 1.82) is 5.41 Å². The molecule has 0 bridgehead atoms. The van der Waals surface area contributed by atoms with E-state index in [1.807, 2.05) is 43.3 Å². The van der Waals surface area contributed by atoms with Crippen molar-refractivity contribution in [3.8, 4) is 22.9 Å². The Balaban J connectivity index is 1.64. The Kier molecular flexibility index (Phi) is 9.02. The van der Waals surface area contributed by atoms with Crippen molar-refractivity contribution in [1.82, 2.24) is 15.3 Å². The van der Waals surface area contributed by atoms with Gasteiger partial charge in [0.2, 0.25) is 0 Å². The Morgan fingerprint density at radius 3 is 2.46 bits per heavy atom. The highest BCUT2D eigenvalue weighted by Gasteiger charge is 2.27. The number of nitrogens with zero attached hydrogens (tertiary/aromatic N) is 2. The number of nitrogens with two attached hydrogens (primary N) is 1. The number of hydrogen-bond donors (Lipinski definition) is 4. The molecule has 4 rings (SSSR count). The number of benzene rings is 3. The van der Waals surface area contributed by atoms with Crippen molar-refractivity contribution in [2.75, 3.05) is 25.1 Å². The number of allylic oxidation sites excluding steroid dienone is 1. The summed E-state index contributed by atoms with van der Waals surface area (Å²) in [5.41, 5.74) is 8.88. The van der Waals surface area contributed by atoms with Gasteiger partial charge in [-0.1, -0.05) is 24.3 Å². The third-order valence-corrected chi connectivity index (χ3v) is 5.74. The summed E-state index contributed by atoms with van der Waals surface area (Å²) in [6.45, 7) is 0.356. The van der Waals surface area contributed by atoms with Gasteiger partial charge < -0.3 is 31.3 Å². The summed E-state index contributed by atoms with van der Waals surface area (Å²) in [6, 6.07) is 19.4. The van der Waals surface area contributed by atoms with Crippen LogP contribution in [0.5, 0.6) is 11.5 Å². The van der Waals surface area contributed by atoms with Gasteiger partial charge in [0.1, 0.15) is 23.9 Å². The van der Waals surface area contributed by atoms with Gasteiger partial charge in [0.15, 0.2) is 12.4 Å². The Labute approximate surface area is 233 Å². The molecule has 0 saturated heterocycles. The van der Waals surface area contributed by atoms with E-state index in [0.717, 1.165) is 11.3 Å². The first-order valence-electron chi connectivity index (χ1n) is 12.5. The van der Waals surface area contributed by atoms with Gasteiger partial charge in [-0.2, -0.15) is 13.2 Å². The molecule has 0 aliphatic rings. The lowest BCUT2D eigenvalue weighted by Crippen LogP contribution is -2.36. The Morgan fingerprint density at radius 2 is 1.78 bits per heavy atom. The standard InChI is InChI=1S/C29H27F3N6O3/c1-2-40-23-10-11-25-24(13-23)28(36-21-8-6-18(7-9-21)20(14-33)15-34)38-27(37-25)19-4-3-5-22(12-19)41-16-26(39)35-17-29(30,31)32/h3-15,33H,2,16-17,34H2,1H3,(H,35,39)(H,36,37,38)/b20-15+,33-14?. The maximum absolute atomic E-state index is 12.3. The Morgan fingerprint density at radius 1 is 1.02 bits per heavy atom. The average molecular weight is 565 g/mol. The zero-order valence-electron chi connectivity index (χ0n) is 22.0. The minimum absolute atomic E-state index is 0.264. The number of fused-ring (bicyclic) bond motifs is 1. The zero-order chi connectivity index (χ0) is 29.4. The van der Waals surface area contributed by atoms with Crippen molar-refractivity contribution < 1.29 is 27.4 Å². The zero-order valence-corrected chi connectivity index (χ0v) is 22.0. The van der Waals surface area contributed by atoms with Crippen LogP contribution < -0.4 is 25.8 Å². The van der Waals surface area contributed by atoms with Crippen LogP contribution in [0.4, 0.5) is 24.7 Å². The SMILES string of the molecule is CCOc1ccc2nc(-c3cccc(OCC(=O)NCC(F)(F)F)c3)nc(Nc3ccc(/C(C=N)=C/N)cc3)c2c1. The highest BCUT2D eigenvalue weighted by atomic mass is 19.4. The first-order chi connectivity index (χ1) is 19.7. The van der Waals surface area contributed by atoms with Crippen molar-refractivity contribution >= 4 is 40.1 Å². The van der Waals surface area contributed by atoms with E-state index in [9.17, 15) is 18.0 Å².